The number of esters is 1. The summed E-state index contributed by atoms with van der Waals surface area (Å²) in [7, 11) is 0. The number of aromatic nitrogens is 1. The fraction of sp³-hybridized carbons (Fsp3) is 0.389. The molecule has 0 bridgehead atoms. The molecule has 1 aromatic heterocycles. The largest absolute Gasteiger partial charge is 0.490 e. The molecular weight excluding hydrogens is 324 g/mol. The van der Waals surface area contributed by atoms with Crippen molar-refractivity contribution < 1.29 is 19.1 Å². The molecule has 0 unspecified atom stereocenters. The third-order valence-electron chi connectivity index (χ3n) is 4.28. The average Bonchev–Trinajstić information content (AvgIpc) is 2.63. The number of rotatable bonds is 5. The van der Waals surface area contributed by atoms with E-state index in [9.17, 15) is 14.4 Å². The average molecular weight is 344 g/mol. The van der Waals surface area contributed by atoms with Crippen LogP contribution in [0.25, 0.3) is 10.9 Å². The zero-order valence-electron chi connectivity index (χ0n) is 14.0. The molecular formula is C18H20N2O5. The highest BCUT2D eigenvalue weighted by Crippen LogP contribution is 2.22. The standard InChI is InChI=1S/C18H20N2O5/c1-2-24-18(23)15-10-19-16-4-3-13(9-14(16)17(15)22)25-12-5-7-20(11-21)8-6-12/h3-4,9-12H,2,5-8H2,1H3,(H,19,22). The molecule has 1 aromatic carbocycles. The lowest BCUT2D eigenvalue weighted by molar-refractivity contribution is -0.119. The van der Waals surface area contributed by atoms with Gasteiger partial charge in [-0.25, -0.2) is 4.79 Å². The zero-order chi connectivity index (χ0) is 17.8. The number of ether oxygens (including phenoxy) is 2. The van der Waals surface area contributed by atoms with Crippen LogP contribution in [-0.2, 0) is 9.53 Å². The van der Waals surface area contributed by atoms with Gasteiger partial charge < -0.3 is 19.4 Å². The van der Waals surface area contributed by atoms with E-state index in [0.717, 1.165) is 19.3 Å². The Hall–Kier alpha value is -2.83. The summed E-state index contributed by atoms with van der Waals surface area (Å²) in [4.78, 5) is 39.8. The number of hydrogen-bond acceptors (Lipinski definition) is 5. The molecule has 1 aliphatic heterocycles. The first kappa shape index (κ1) is 17.0. The molecule has 1 amide bonds. The molecule has 132 valence electrons. The van der Waals surface area contributed by atoms with Crippen LogP contribution in [0.3, 0.4) is 0 Å². The van der Waals surface area contributed by atoms with Crippen LogP contribution in [-0.4, -0.2) is 48.1 Å². The summed E-state index contributed by atoms with van der Waals surface area (Å²) in [6, 6.07) is 5.18. The van der Waals surface area contributed by atoms with Crippen LogP contribution in [0.5, 0.6) is 5.75 Å². The van der Waals surface area contributed by atoms with E-state index in [4.69, 9.17) is 9.47 Å². The third-order valence-corrected chi connectivity index (χ3v) is 4.28. The summed E-state index contributed by atoms with van der Waals surface area (Å²) in [6.07, 6.45) is 3.72. The van der Waals surface area contributed by atoms with Crippen LogP contribution in [0.4, 0.5) is 0 Å². The number of carbonyl (C=O) groups excluding carboxylic acids is 2. The Morgan fingerprint density at radius 1 is 1.36 bits per heavy atom. The van der Waals surface area contributed by atoms with Crippen molar-refractivity contribution in [1.82, 2.24) is 9.88 Å². The van der Waals surface area contributed by atoms with Crippen molar-refractivity contribution in [2.24, 2.45) is 0 Å². The number of benzene rings is 1. The molecule has 2 aromatic rings. The number of carbonyl (C=O) groups is 2. The summed E-state index contributed by atoms with van der Waals surface area (Å²) in [5.74, 6) is -0.0678. The molecule has 0 aliphatic carbocycles. The number of hydrogen-bond donors (Lipinski definition) is 1. The molecule has 0 radical (unpaired) electrons. The van der Waals surface area contributed by atoms with E-state index >= 15 is 0 Å². The highest BCUT2D eigenvalue weighted by atomic mass is 16.5. The van der Waals surface area contributed by atoms with E-state index in [1.807, 2.05) is 0 Å². The summed E-state index contributed by atoms with van der Waals surface area (Å²) in [5.41, 5.74) is 0.223. The van der Waals surface area contributed by atoms with E-state index in [1.165, 1.54) is 6.20 Å². The fourth-order valence-corrected chi connectivity index (χ4v) is 2.92. The maximum atomic E-state index is 12.5. The van der Waals surface area contributed by atoms with E-state index in [1.54, 1.807) is 30.0 Å². The van der Waals surface area contributed by atoms with Crippen molar-refractivity contribution in [2.75, 3.05) is 19.7 Å². The monoisotopic (exact) mass is 344 g/mol. The minimum Gasteiger partial charge on any atom is -0.490 e. The second kappa shape index (κ2) is 7.38. The first-order chi connectivity index (χ1) is 12.1. The van der Waals surface area contributed by atoms with Crippen molar-refractivity contribution in [3.05, 3.63) is 40.2 Å². The van der Waals surface area contributed by atoms with Crippen molar-refractivity contribution in [3.8, 4) is 5.75 Å². The second-order valence-corrected chi connectivity index (χ2v) is 5.92. The number of nitrogens with one attached hydrogen (secondary N) is 1. The fourth-order valence-electron chi connectivity index (χ4n) is 2.92. The lowest BCUT2D eigenvalue weighted by Crippen LogP contribution is -2.37. The lowest BCUT2D eigenvalue weighted by Gasteiger charge is -2.29. The summed E-state index contributed by atoms with van der Waals surface area (Å²) in [5, 5.41) is 0.383. The van der Waals surface area contributed by atoms with Crippen molar-refractivity contribution in [3.63, 3.8) is 0 Å². The zero-order valence-corrected chi connectivity index (χ0v) is 14.0. The van der Waals surface area contributed by atoms with Gasteiger partial charge in [0.1, 0.15) is 17.4 Å². The number of amides is 1. The quantitative estimate of drug-likeness (QED) is 0.659. The molecule has 1 N–H and O–H groups in total. The first-order valence-electron chi connectivity index (χ1n) is 8.31. The van der Waals surface area contributed by atoms with Gasteiger partial charge in [-0.1, -0.05) is 0 Å². The molecule has 2 heterocycles. The van der Waals surface area contributed by atoms with Gasteiger partial charge in [-0.3, -0.25) is 9.59 Å². The van der Waals surface area contributed by atoms with Gasteiger partial charge in [0.05, 0.1) is 12.0 Å². The van der Waals surface area contributed by atoms with E-state index in [2.05, 4.69) is 4.98 Å². The van der Waals surface area contributed by atoms with E-state index in [0.29, 0.717) is 29.7 Å². The van der Waals surface area contributed by atoms with Gasteiger partial charge in [0.25, 0.3) is 0 Å². The van der Waals surface area contributed by atoms with Crippen LogP contribution < -0.4 is 10.2 Å². The van der Waals surface area contributed by atoms with Crippen molar-refractivity contribution >= 4 is 23.3 Å². The van der Waals surface area contributed by atoms with Crippen LogP contribution in [0.1, 0.15) is 30.1 Å². The Morgan fingerprint density at radius 2 is 2.12 bits per heavy atom. The molecule has 1 aliphatic rings. The number of fused-ring (bicyclic) bond motifs is 1. The molecule has 7 nitrogen and oxygen atoms in total. The summed E-state index contributed by atoms with van der Waals surface area (Å²) in [6.45, 7) is 3.22. The lowest BCUT2D eigenvalue weighted by atomic mass is 10.1. The van der Waals surface area contributed by atoms with Crippen LogP contribution in [0.2, 0.25) is 0 Å². The van der Waals surface area contributed by atoms with E-state index < -0.39 is 5.97 Å². The minimum absolute atomic E-state index is 0.000899. The van der Waals surface area contributed by atoms with Crippen LogP contribution in [0, 0.1) is 0 Å². The molecule has 0 spiro atoms. The predicted octanol–water partition coefficient (Wildman–Crippen LogP) is 1.70. The molecule has 3 rings (SSSR count). The summed E-state index contributed by atoms with van der Waals surface area (Å²) < 4.78 is 10.9. The number of likely N-dealkylation sites (tertiary alicyclic amines) is 1. The van der Waals surface area contributed by atoms with Gasteiger partial charge >= 0.3 is 5.97 Å². The van der Waals surface area contributed by atoms with Crippen molar-refractivity contribution in [2.45, 2.75) is 25.9 Å². The first-order valence-corrected chi connectivity index (χ1v) is 8.31. The van der Waals surface area contributed by atoms with Crippen LogP contribution in [0.15, 0.2) is 29.2 Å². The Balaban J connectivity index is 1.83. The molecule has 0 atom stereocenters. The maximum Gasteiger partial charge on any atom is 0.343 e. The normalized spacial score (nSPS) is 15.2. The van der Waals surface area contributed by atoms with Crippen molar-refractivity contribution in [1.29, 1.82) is 0 Å². The van der Waals surface area contributed by atoms with Gasteiger partial charge in [-0.05, 0) is 25.1 Å². The van der Waals surface area contributed by atoms with Gasteiger partial charge in [0, 0.05) is 37.6 Å². The molecule has 7 heteroatoms. The molecule has 1 fully saturated rings. The SMILES string of the molecule is CCOC(=O)c1c[nH]c2ccc(OC3CCN(C=O)CC3)cc2c1=O. The Labute approximate surface area is 144 Å². The van der Waals surface area contributed by atoms with Crippen LogP contribution >= 0.6 is 0 Å². The predicted molar refractivity (Wildman–Crippen MR) is 91.8 cm³/mol. The molecule has 25 heavy (non-hydrogen) atoms. The Morgan fingerprint density at radius 3 is 2.80 bits per heavy atom. The highest BCUT2D eigenvalue weighted by molar-refractivity contribution is 5.93. The number of nitrogens with zero attached hydrogens (tertiary/aromatic N) is 1. The summed E-state index contributed by atoms with van der Waals surface area (Å²) >= 11 is 0. The number of piperidine rings is 1. The Kier molecular flexibility index (Phi) is 5.02. The third kappa shape index (κ3) is 3.65. The minimum atomic E-state index is -0.641. The number of H-pyrrole nitrogens is 1. The topological polar surface area (TPSA) is 88.7 Å². The van der Waals surface area contributed by atoms with Gasteiger partial charge in [0.15, 0.2) is 0 Å². The van der Waals surface area contributed by atoms with E-state index in [-0.39, 0.29) is 23.7 Å². The smallest absolute Gasteiger partial charge is 0.343 e. The maximum absolute atomic E-state index is 12.5. The van der Waals surface area contributed by atoms with Gasteiger partial charge in [0.2, 0.25) is 11.8 Å². The molecule has 1 saturated heterocycles. The van der Waals surface area contributed by atoms with Gasteiger partial charge in [-0.2, -0.15) is 0 Å². The molecule has 0 saturated carbocycles. The second-order valence-electron chi connectivity index (χ2n) is 5.92. The highest BCUT2D eigenvalue weighted by Gasteiger charge is 2.20. The number of pyridine rings is 1. The number of aromatic amines is 1. The Bertz CT molecular complexity index is 837. The van der Waals surface area contributed by atoms with Gasteiger partial charge in [-0.15, -0.1) is 0 Å².